The van der Waals surface area contributed by atoms with E-state index in [1.54, 1.807) is 0 Å². The minimum absolute atomic E-state index is 0. The van der Waals surface area contributed by atoms with Crippen molar-refractivity contribution in [3.63, 3.8) is 0 Å². The fourth-order valence-electron chi connectivity index (χ4n) is 2.98. The van der Waals surface area contributed by atoms with Gasteiger partial charge < -0.3 is 10.6 Å². The molecule has 1 aliphatic carbocycles. The van der Waals surface area contributed by atoms with Crippen LogP contribution >= 0.6 is 12.4 Å². The SMILES string of the molecule is Cl.O=C(NCC(N1CCNCC1)C(F)(F)F)C1CCCC1. The second-order valence-electron chi connectivity index (χ2n) is 5.57. The zero-order chi connectivity index (χ0) is 14.6. The fourth-order valence-corrected chi connectivity index (χ4v) is 2.98. The van der Waals surface area contributed by atoms with Crippen LogP contribution < -0.4 is 10.6 Å². The van der Waals surface area contributed by atoms with Crippen molar-refractivity contribution in [1.29, 1.82) is 0 Å². The van der Waals surface area contributed by atoms with Gasteiger partial charge in [0, 0.05) is 38.6 Å². The molecule has 2 N–H and O–H groups in total. The predicted octanol–water partition coefficient (Wildman–Crippen LogP) is 1.55. The number of amides is 1. The minimum atomic E-state index is -4.31. The molecule has 0 radical (unpaired) electrons. The van der Waals surface area contributed by atoms with E-state index >= 15 is 0 Å². The molecule has 1 amide bonds. The molecule has 2 aliphatic rings. The van der Waals surface area contributed by atoms with Crippen molar-refractivity contribution in [1.82, 2.24) is 15.5 Å². The van der Waals surface area contributed by atoms with E-state index in [1.807, 2.05) is 0 Å². The van der Waals surface area contributed by atoms with Gasteiger partial charge in [-0.25, -0.2) is 0 Å². The summed E-state index contributed by atoms with van der Waals surface area (Å²) < 4.78 is 39.4. The summed E-state index contributed by atoms with van der Waals surface area (Å²) in [6.45, 7) is 1.51. The summed E-state index contributed by atoms with van der Waals surface area (Å²) in [6, 6.07) is -1.57. The standard InChI is InChI=1S/C13H22F3N3O.ClH/c14-13(15,16)11(19-7-5-17-6-8-19)9-18-12(20)10-3-1-2-4-10;/h10-11,17H,1-9H2,(H,18,20);1H. The summed E-state index contributed by atoms with van der Waals surface area (Å²) in [5.74, 6) is -0.307. The quantitative estimate of drug-likeness (QED) is 0.822. The Morgan fingerprint density at radius 1 is 1.24 bits per heavy atom. The van der Waals surface area contributed by atoms with Crippen LogP contribution in [0.2, 0.25) is 0 Å². The smallest absolute Gasteiger partial charge is 0.354 e. The van der Waals surface area contributed by atoms with Crippen molar-refractivity contribution in [2.45, 2.75) is 37.9 Å². The number of nitrogens with one attached hydrogen (secondary N) is 2. The Balaban J connectivity index is 0.00000220. The number of nitrogens with zero attached hydrogens (tertiary/aromatic N) is 1. The van der Waals surface area contributed by atoms with Gasteiger partial charge in [-0.15, -0.1) is 12.4 Å². The van der Waals surface area contributed by atoms with Crippen LogP contribution in [0.1, 0.15) is 25.7 Å². The lowest BCUT2D eigenvalue weighted by Crippen LogP contribution is -2.57. The lowest BCUT2D eigenvalue weighted by atomic mass is 10.1. The molecule has 1 saturated heterocycles. The molecule has 0 aromatic heterocycles. The van der Waals surface area contributed by atoms with Crippen molar-refractivity contribution in [3.05, 3.63) is 0 Å². The van der Waals surface area contributed by atoms with Gasteiger partial charge in [0.25, 0.3) is 0 Å². The van der Waals surface area contributed by atoms with Gasteiger partial charge in [0.2, 0.25) is 5.91 Å². The number of alkyl halides is 3. The van der Waals surface area contributed by atoms with E-state index in [4.69, 9.17) is 0 Å². The van der Waals surface area contributed by atoms with Crippen molar-refractivity contribution in [2.24, 2.45) is 5.92 Å². The van der Waals surface area contributed by atoms with E-state index in [2.05, 4.69) is 10.6 Å². The summed E-state index contributed by atoms with van der Waals surface area (Å²) in [6.07, 6.45) is -0.705. The van der Waals surface area contributed by atoms with Crippen molar-refractivity contribution in [3.8, 4) is 0 Å². The van der Waals surface area contributed by atoms with Crippen molar-refractivity contribution < 1.29 is 18.0 Å². The van der Waals surface area contributed by atoms with Crippen molar-refractivity contribution in [2.75, 3.05) is 32.7 Å². The molecule has 8 heteroatoms. The number of halogens is 4. The maximum atomic E-state index is 13.1. The molecule has 0 spiro atoms. The van der Waals surface area contributed by atoms with Crippen LogP contribution in [0.15, 0.2) is 0 Å². The Labute approximate surface area is 129 Å². The van der Waals surface area contributed by atoms with E-state index in [9.17, 15) is 18.0 Å². The van der Waals surface area contributed by atoms with E-state index in [0.29, 0.717) is 26.2 Å². The Morgan fingerprint density at radius 3 is 2.33 bits per heavy atom. The average Bonchev–Trinajstić information content (AvgIpc) is 2.92. The van der Waals surface area contributed by atoms with Crippen molar-refractivity contribution >= 4 is 18.3 Å². The van der Waals surface area contributed by atoms with Gasteiger partial charge >= 0.3 is 6.18 Å². The van der Waals surface area contributed by atoms with Crippen LogP contribution in [-0.4, -0.2) is 55.7 Å². The molecule has 1 aliphatic heterocycles. The van der Waals surface area contributed by atoms with Crippen LogP contribution in [0.4, 0.5) is 13.2 Å². The first-order valence-electron chi connectivity index (χ1n) is 7.27. The average molecular weight is 330 g/mol. The highest BCUT2D eigenvalue weighted by molar-refractivity contribution is 5.85. The third-order valence-electron chi connectivity index (χ3n) is 4.17. The fraction of sp³-hybridized carbons (Fsp3) is 0.923. The van der Waals surface area contributed by atoms with Gasteiger partial charge in [-0.3, -0.25) is 9.69 Å². The molecule has 1 heterocycles. The number of carbonyl (C=O) groups excluding carboxylic acids is 1. The Kier molecular flexibility index (Phi) is 7.23. The number of hydrogen-bond acceptors (Lipinski definition) is 3. The van der Waals surface area contributed by atoms with Gasteiger partial charge in [0.05, 0.1) is 0 Å². The topological polar surface area (TPSA) is 44.4 Å². The third kappa shape index (κ3) is 5.30. The van der Waals surface area contributed by atoms with Crippen LogP contribution in [-0.2, 0) is 4.79 Å². The molecule has 1 unspecified atom stereocenters. The summed E-state index contributed by atoms with van der Waals surface area (Å²) >= 11 is 0. The summed E-state index contributed by atoms with van der Waals surface area (Å²) in [4.78, 5) is 13.3. The molecule has 124 valence electrons. The maximum Gasteiger partial charge on any atom is 0.405 e. The van der Waals surface area contributed by atoms with E-state index in [1.165, 1.54) is 4.90 Å². The zero-order valence-electron chi connectivity index (χ0n) is 11.9. The Hall–Kier alpha value is -0.530. The van der Waals surface area contributed by atoms with E-state index in [-0.39, 0.29) is 30.8 Å². The number of piperazine rings is 1. The zero-order valence-corrected chi connectivity index (χ0v) is 12.7. The largest absolute Gasteiger partial charge is 0.405 e. The molecule has 2 fully saturated rings. The number of rotatable bonds is 4. The third-order valence-corrected chi connectivity index (χ3v) is 4.17. The normalized spacial score (nSPS) is 22.6. The van der Waals surface area contributed by atoms with Crippen LogP contribution in [0, 0.1) is 5.92 Å². The first kappa shape index (κ1) is 18.5. The summed E-state index contributed by atoms with van der Waals surface area (Å²) in [7, 11) is 0. The molecular weight excluding hydrogens is 307 g/mol. The molecule has 1 saturated carbocycles. The number of carbonyl (C=O) groups is 1. The second kappa shape index (κ2) is 8.19. The molecule has 21 heavy (non-hydrogen) atoms. The molecule has 4 nitrogen and oxygen atoms in total. The number of hydrogen-bond donors (Lipinski definition) is 2. The van der Waals surface area contributed by atoms with Crippen LogP contribution in [0.3, 0.4) is 0 Å². The highest BCUT2D eigenvalue weighted by Crippen LogP contribution is 2.26. The monoisotopic (exact) mass is 329 g/mol. The van der Waals surface area contributed by atoms with Gasteiger partial charge in [-0.2, -0.15) is 13.2 Å². The molecule has 0 bridgehead atoms. The molecule has 0 aromatic carbocycles. The van der Waals surface area contributed by atoms with E-state index < -0.39 is 12.2 Å². The van der Waals surface area contributed by atoms with Gasteiger partial charge in [0.1, 0.15) is 6.04 Å². The van der Waals surface area contributed by atoms with Gasteiger partial charge in [-0.05, 0) is 12.8 Å². The van der Waals surface area contributed by atoms with E-state index in [0.717, 1.165) is 25.7 Å². The molecular formula is C13H23ClF3N3O. The highest BCUT2D eigenvalue weighted by Gasteiger charge is 2.44. The minimum Gasteiger partial charge on any atom is -0.354 e. The van der Waals surface area contributed by atoms with Gasteiger partial charge in [0.15, 0.2) is 0 Å². The summed E-state index contributed by atoms with van der Waals surface area (Å²) in [5.41, 5.74) is 0. The van der Waals surface area contributed by atoms with Gasteiger partial charge in [-0.1, -0.05) is 12.8 Å². The maximum absolute atomic E-state index is 13.1. The second-order valence-corrected chi connectivity index (χ2v) is 5.57. The first-order valence-corrected chi connectivity index (χ1v) is 7.27. The lowest BCUT2D eigenvalue weighted by molar-refractivity contribution is -0.184. The lowest BCUT2D eigenvalue weighted by Gasteiger charge is -2.36. The highest BCUT2D eigenvalue weighted by atomic mass is 35.5. The van der Waals surface area contributed by atoms with Crippen LogP contribution in [0.25, 0.3) is 0 Å². The first-order chi connectivity index (χ1) is 9.48. The predicted molar refractivity (Wildman–Crippen MR) is 76.5 cm³/mol. The molecule has 2 rings (SSSR count). The summed E-state index contributed by atoms with van der Waals surface area (Å²) in [5, 5.41) is 5.54. The Bertz CT molecular complexity index is 329. The van der Waals surface area contributed by atoms with Crippen LogP contribution in [0.5, 0.6) is 0 Å². The molecule has 1 atom stereocenters. The molecule has 0 aromatic rings. The Morgan fingerprint density at radius 2 is 1.81 bits per heavy atom.